The maximum atomic E-state index is 11.8. The molecule has 2 heteroatoms. The molecule has 0 amide bonds. The molecule has 1 aliphatic carbocycles. The molecule has 0 heterocycles. The van der Waals surface area contributed by atoms with Crippen LogP contribution in [0.25, 0.3) is 0 Å². The van der Waals surface area contributed by atoms with E-state index in [1.807, 2.05) is 0 Å². The van der Waals surface area contributed by atoms with E-state index in [2.05, 4.69) is 20.8 Å². The zero-order chi connectivity index (χ0) is 15.5. The van der Waals surface area contributed by atoms with Crippen LogP contribution < -0.4 is 0 Å². The number of rotatable bonds is 12. The van der Waals surface area contributed by atoms with Gasteiger partial charge in [-0.15, -0.1) is 0 Å². The summed E-state index contributed by atoms with van der Waals surface area (Å²) >= 11 is 0. The van der Waals surface area contributed by atoms with Gasteiger partial charge < -0.3 is 4.74 Å². The number of Topliss-reactive ketones (excluding diaryl/α,β-unsaturated/α-hetero) is 1. The molecule has 0 aliphatic heterocycles. The summed E-state index contributed by atoms with van der Waals surface area (Å²) in [6, 6.07) is 0. The Morgan fingerprint density at radius 3 is 2.14 bits per heavy atom. The molecule has 0 radical (unpaired) electrons. The van der Waals surface area contributed by atoms with Crippen molar-refractivity contribution in [2.75, 3.05) is 13.2 Å². The normalized spacial score (nSPS) is 25.4. The van der Waals surface area contributed by atoms with Crippen LogP contribution in [0, 0.1) is 17.8 Å². The van der Waals surface area contributed by atoms with Gasteiger partial charge in [-0.05, 0) is 24.2 Å². The second-order valence-corrected chi connectivity index (χ2v) is 7.12. The summed E-state index contributed by atoms with van der Waals surface area (Å²) in [4.78, 5) is 11.8. The van der Waals surface area contributed by atoms with E-state index in [-0.39, 0.29) is 0 Å². The topological polar surface area (TPSA) is 26.3 Å². The van der Waals surface area contributed by atoms with Gasteiger partial charge in [0.15, 0.2) is 5.78 Å². The molecule has 2 atom stereocenters. The fourth-order valence-corrected chi connectivity index (χ4v) is 3.50. The van der Waals surface area contributed by atoms with E-state index < -0.39 is 0 Å². The lowest BCUT2D eigenvalue weighted by Gasteiger charge is -2.19. The van der Waals surface area contributed by atoms with Crippen molar-refractivity contribution in [3.8, 4) is 0 Å². The highest BCUT2D eigenvalue weighted by atomic mass is 16.5. The predicted octanol–water partition coefficient (Wildman–Crippen LogP) is 5.40. The van der Waals surface area contributed by atoms with Gasteiger partial charge in [0, 0.05) is 6.42 Å². The minimum atomic E-state index is 0.293. The van der Waals surface area contributed by atoms with Crippen molar-refractivity contribution in [2.45, 2.75) is 85.0 Å². The lowest BCUT2D eigenvalue weighted by atomic mass is 9.93. The number of ketones is 1. The van der Waals surface area contributed by atoms with E-state index in [0.717, 1.165) is 24.9 Å². The number of hydrogen-bond acceptors (Lipinski definition) is 2. The van der Waals surface area contributed by atoms with Crippen LogP contribution in [-0.4, -0.2) is 19.0 Å². The first-order valence-corrected chi connectivity index (χ1v) is 9.24. The van der Waals surface area contributed by atoms with Gasteiger partial charge in [0.05, 0.1) is 6.61 Å². The van der Waals surface area contributed by atoms with Crippen LogP contribution >= 0.6 is 0 Å². The third-order valence-corrected chi connectivity index (χ3v) is 5.17. The lowest BCUT2D eigenvalue weighted by molar-refractivity contribution is -0.124. The number of carbonyl (C=O) groups is 1. The van der Waals surface area contributed by atoms with Gasteiger partial charge in [-0.2, -0.15) is 0 Å². The molecular weight excluding hydrogens is 260 g/mol. The Morgan fingerprint density at radius 1 is 0.952 bits per heavy atom. The fourth-order valence-electron chi connectivity index (χ4n) is 3.50. The number of ether oxygens (including phenoxy) is 1. The molecule has 0 N–H and O–H groups in total. The molecule has 0 aromatic rings. The summed E-state index contributed by atoms with van der Waals surface area (Å²) in [6.07, 6.45) is 12.2. The van der Waals surface area contributed by atoms with E-state index in [9.17, 15) is 4.79 Å². The minimum Gasteiger partial charge on any atom is -0.373 e. The average Bonchev–Trinajstić information content (AvgIpc) is 2.78. The lowest BCUT2D eigenvalue weighted by Crippen LogP contribution is -2.20. The van der Waals surface area contributed by atoms with Crippen LogP contribution in [0.3, 0.4) is 0 Å². The van der Waals surface area contributed by atoms with Crippen LogP contribution in [0.15, 0.2) is 0 Å². The van der Waals surface area contributed by atoms with Gasteiger partial charge >= 0.3 is 0 Å². The molecule has 0 aromatic heterocycles. The zero-order valence-corrected chi connectivity index (χ0v) is 14.5. The highest BCUT2D eigenvalue weighted by molar-refractivity contribution is 5.79. The Kier molecular flexibility index (Phi) is 9.99. The summed E-state index contributed by atoms with van der Waals surface area (Å²) in [5, 5.41) is 0. The Labute approximate surface area is 132 Å². The van der Waals surface area contributed by atoms with E-state index in [1.165, 1.54) is 51.4 Å². The monoisotopic (exact) mass is 296 g/mol. The first kappa shape index (κ1) is 18.7. The van der Waals surface area contributed by atoms with Gasteiger partial charge in [0.25, 0.3) is 0 Å². The standard InChI is InChI=1S/C19H36O2/c1-4-5-6-7-8-9-10-11-18(20)14-21-15-19-16(2)12-13-17(19)3/h16-17,19H,4-15H2,1-3H3. The highest BCUT2D eigenvalue weighted by Crippen LogP contribution is 2.36. The molecule has 2 unspecified atom stereocenters. The van der Waals surface area contributed by atoms with Gasteiger partial charge in [0.2, 0.25) is 0 Å². The second-order valence-electron chi connectivity index (χ2n) is 7.12. The van der Waals surface area contributed by atoms with Crippen molar-refractivity contribution in [2.24, 2.45) is 17.8 Å². The summed E-state index contributed by atoms with van der Waals surface area (Å²) < 4.78 is 5.68. The summed E-state index contributed by atoms with van der Waals surface area (Å²) in [5.41, 5.74) is 0. The molecule has 124 valence electrons. The van der Waals surface area contributed by atoms with Crippen LogP contribution in [0.1, 0.15) is 85.0 Å². The van der Waals surface area contributed by atoms with Crippen molar-refractivity contribution in [3.05, 3.63) is 0 Å². The van der Waals surface area contributed by atoms with Crippen molar-refractivity contribution < 1.29 is 9.53 Å². The van der Waals surface area contributed by atoms with Crippen LogP contribution in [0.4, 0.5) is 0 Å². The molecule has 1 saturated carbocycles. The van der Waals surface area contributed by atoms with Crippen molar-refractivity contribution >= 4 is 5.78 Å². The summed E-state index contributed by atoms with van der Waals surface area (Å²) in [7, 11) is 0. The SMILES string of the molecule is CCCCCCCCCC(=O)COCC1C(C)CCC1C. The number of unbranched alkanes of at least 4 members (excludes halogenated alkanes) is 6. The van der Waals surface area contributed by atoms with Crippen LogP contribution in [0.2, 0.25) is 0 Å². The highest BCUT2D eigenvalue weighted by Gasteiger charge is 2.30. The fraction of sp³-hybridized carbons (Fsp3) is 0.947. The van der Waals surface area contributed by atoms with Gasteiger partial charge in [-0.3, -0.25) is 4.79 Å². The molecule has 1 rings (SSSR count). The molecule has 0 bridgehead atoms. The maximum Gasteiger partial charge on any atom is 0.158 e. The van der Waals surface area contributed by atoms with E-state index in [0.29, 0.717) is 24.7 Å². The molecule has 21 heavy (non-hydrogen) atoms. The summed E-state index contributed by atoms with van der Waals surface area (Å²) in [5.74, 6) is 2.48. The smallest absolute Gasteiger partial charge is 0.158 e. The predicted molar refractivity (Wildman–Crippen MR) is 89.5 cm³/mol. The number of carbonyl (C=O) groups excluding carboxylic acids is 1. The Bertz CT molecular complexity index is 265. The van der Waals surface area contributed by atoms with E-state index in [1.54, 1.807) is 0 Å². The van der Waals surface area contributed by atoms with Crippen molar-refractivity contribution in [1.29, 1.82) is 0 Å². The third kappa shape index (κ3) is 7.99. The zero-order valence-electron chi connectivity index (χ0n) is 14.5. The quantitative estimate of drug-likeness (QED) is 0.451. The molecule has 1 aliphatic rings. The molecule has 0 spiro atoms. The van der Waals surface area contributed by atoms with E-state index >= 15 is 0 Å². The number of hydrogen-bond donors (Lipinski definition) is 0. The maximum absolute atomic E-state index is 11.8. The Morgan fingerprint density at radius 2 is 1.52 bits per heavy atom. The third-order valence-electron chi connectivity index (χ3n) is 5.17. The Balaban J connectivity index is 1.94. The van der Waals surface area contributed by atoms with Gasteiger partial charge in [0.1, 0.15) is 6.61 Å². The van der Waals surface area contributed by atoms with Crippen LogP contribution in [-0.2, 0) is 9.53 Å². The first-order chi connectivity index (χ1) is 10.1. The van der Waals surface area contributed by atoms with Gasteiger partial charge in [-0.1, -0.05) is 72.1 Å². The van der Waals surface area contributed by atoms with Crippen molar-refractivity contribution in [3.63, 3.8) is 0 Å². The Hall–Kier alpha value is -0.370. The summed E-state index contributed by atoms with van der Waals surface area (Å²) in [6.45, 7) is 8.00. The molecule has 0 aromatic carbocycles. The molecule has 0 saturated heterocycles. The molecule has 2 nitrogen and oxygen atoms in total. The van der Waals surface area contributed by atoms with E-state index in [4.69, 9.17) is 4.74 Å². The van der Waals surface area contributed by atoms with Crippen LogP contribution in [0.5, 0.6) is 0 Å². The van der Waals surface area contributed by atoms with Gasteiger partial charge in [-0.25, -0.2) is 0 Å². The first-order valence-electron chi connectivity index (χ1n) is 9.24. The average molecular weight is 296 g/mol. The van der Waals surface area contributed by atoms with Crippen molar-refractivity contribution in [1.82, 2.24) is 0 Å². The molecular formula is C19H36O2. The minimum absolute atomic E-state index is 0.293. The largest absolute Gasteiger partial charge is 0.373 e. The molecule has 1 fully saturated rings. The second kappa shape index (κ2) is 11.2.